The van der Waals surface area contributed by atoms with Crippen LogP contribution in [0.5, 0.6) is 0 Å². The van der Waals surface area contributed by atoms with Gasteiger partial charge < -0.3 is 10.3 Å². The summed E-state index contributed by atoms with van der Waals surface area (Å²) in [5.74, 6) is -0.0958. The first kappa shape index (κ1) is 22.0. The lowest BCUT2D eigenvalue weighted by molar-refractivity contribution is 0.0615. The lowest BCUT2D eigenvalue weighted by Gasteiger charge is -2.05. The van der Waals surface area contributed by atoms with Crippen LogP contribution in [0.1, 0.15) is 17.8 Å². The van der Waals surface area contributed by atoms with E-state index in [1.165, 1.54) is 12.3 Å². The van der Waals surface area contributed by atoms with E-state index in [1.54, 1.807) is 30.3 Å². The summed E-state index contributed by atoms with van der Waals surface area (Å²) in [6.45, 7) is -0.700. The van der Waals surface area contributed by atoms with E-state index in [2.05, 4.69) is 25.4 Å². The summed E-state index contributed by atoms with van der Waals surface area (Å²) in [5, 5.41) is 7.46. The third kappa shape index (κ3) is 4.10. The Morgan fingerprint density at radius 1 is 1.09 bits per heavy atom. The van der Waals surface area contributed by atoms with Crippen molar-refractivity contribution in [2.45, 2.75) is 20.0 Å². The van der Waals surface area contributed by atoms with Crippen LogP contribution in [0.2, 0.25) is 5.02 Å². The second-order valence-electron chi connectivity index (χ2n) is 7.68. The lowest BCUT2D eigenvalue weighted by Crippen LogP contribution is -2.03. The van der Waals surface area contributed by atoms with Crippen LogP contribution >= 0.6 is 11.6 Å². The Labute approximate surface area is 197 Å². The fourth-order valence-corrected chi connectivity index (χ4v) is 3.95. The molecule has 0 spiro atoms. The van der Waals surface area contributed by atoms with E-state index in [1.807, 2.05) is 25.1 Å². The van der Waals surface area contributed by atoms with Crippen molar-refractivity contribution in [3.8, 4) is 22.6 Å². The van der Waals surface area contributed by atoms with Gasteiger partial charge in [0.25, 0.3) is 0 Å². The predicted octanol–water partition coefficient (Wildman–Crippen LogP) is 6.60. The van der Waals surface area contributed by atoms with Crippen LogP contribution in [0.4, 0.5) is 19.1 Å². The fourth-order valence-electron chi connectivity index (χ4n) is 3.75. The number of alkyl halides is 2. The van der Waals surface area contributed by atoms with Crippen molar-refractivity contribution in [3.63, 3.8) is 0 Å². The molecule has 0 aliphatic heterocycles. The predicted molar refractivity (Wildman–Crippen MR) is 125 cm³/mol. The average Bonchev–Trinajstić information content (AvgIpc) is 3.44. The van der Waals surface area contributed by atoms with Gasteiger partial charge in [0, 0.05) is 28.8 Å². The molecule has 3 heterocycles. The first-order valence-electron chi connectivity index (χ1n) is 10.4. The summed E-state index contributed by atoms with van der Waals surface area (Å²) < 4.78 is 41.3. The molecule has 0 unspecified atom stereocenters. The normalized spacial score (nSPS) is 11.5. The smallest absolute Gasteiger partial charge is 0.333 e. The van der Waals surface area contributed by atoms with Crippen LogP contribution in [-0.2, 0) is 6.54 Å². The van der Waals surface area contributed by atoms with Crippen LogP contribution in [0.25, 0.3) is 33.5 Å². The minimum atomic E-state index is -2.73. The number of benzene rings is 2. The van der Waals surface area contributed by atoms with E-state index in [9.17, 15) is 13.2 Å². The van der Waals surface area contributed by atoms with Crippen LogP contribution < -0.4 is 5.32 Å². The van der Waals surface area contributed by atoms with Gasteiger partial charge in [-0.3, -0.25) is 4.98 Å². The first-order chi connectivity index (χ1) is 16.4. The largest absolute Gasteiger partial charge is 0.352 e. The van der Waals surface area contributed by atoms with Gasteiger partial charge in [-0.1, -0.05) is 35.9 Å². The molecule has 0 saturated heterocycles. The lowest BCUT2D eigenvalue weighted by atomic mass is 10.1. The molecule has 0 saturated carbocycles. The minimum absolute atomic E-state index is 0.0433. The van der Waals surface area contributed by atoms with Crippen molar-refractivity contribution >= 4 is 28.5 Å². The number of aryl methyl sites for hydroxylation is 1. The van der Waals surface area contributed by atoms with Gasteiger partial charge in [0.05, 0.1) is 33.8 Å². The van der Waals surface area contributed by atoms with E-state index >= 15 is 0 Å². The molecule has 3 aromatic heterocycles. The Kier molecular flexibility index (Phi) is 5.70. The third-order valence-electron chi connectivity index (χ3n) is 5.38. The van der Waals surface area contributed by atoms with E-state index < -0.39 is 12.4 Å². The number of hydrogen-bond acceptors (Lipinski definition) is 4. The minimum Gasteiger partial charge on any atom is -0.352 e. The van der Waals surface area contributed by atoms with Crippen LogP contribution in [-0.4, -0.2) is 24.7 Å². The first-order valence-corrected chi connectivity index (χ1v) is 10.7. The summed E-state index contributed by atoms with van der Waals surface area (Å²) in [7, 11) is 0. The maximum atomic E-state index is 14.3. The van der Waals surface area contributed by atoms with Crippen molar-refractivity contribution in [3.05, 3.63) is 82.9 Å². The molecule has 0 radical (unpaired) electrons. The Balaban J connectivity index is 1.56. The van der Waals surface area contributed by atoms with Crippen molar-refractivity contribution in [2.24, 2.45) is 0 Å². The third-order valence-corrected chi connectivity index (χ3v) is 5.67. The van der Waals surface area contributed by atoms with Crippen LogP contribution in [0.3, 0.4) is 0 Å². The van der Waals surface area contributed by atoms with Crippen molar-refractivity contribution in [2.75, 3.05) is 5.32 Å². The quantitative estimate of drug-likeness (QED) is 0.286. The van der Waals surface area contributed by atoms with E-state index in [0.29, 0.717) is 49.7 Å². The molecule has 0 aliphatic rings. The van der Waals surface area contributed by atoms with Gasteiger partial charge in [0.15, 0.2) is 0 Å². The highest BCUT2D eigenvalue weighted by Gasteiger charge is 2.18. The monoisotopic (exact) mass is 482 g/mol. The molecule has 0 atom stereocenters. The standard InChI is InChI=1S/C24H18ClF3N6/c1-13-4-2-7-18(31-13)22-21(14-8-9-19-16(10-14)12-30-34(19)23(27)28)32-24(33-22)29-11-15-5-3-6-17(25)20(15)26/h2-10,12,23H,11H2,1H3,(H2,29,32,33). The number of H-pyrrole nitrogens is 1. The molecule has 34 heavy (non-hydrogen) atoms. The second kappa shape index (κ2) is 8.83. The average molecular weight is 483 g/mol. The summed E-state index contributed by atoms with van der Waals surface area (Å²) in [5.41, 5.74) is 4.09. The van der Waals surface area contributed by atoms with E-state index in [4.69, 9.17) is 11.6 Å². The SMILES string of the molecule is Cc1cccc(-c2[nH]c(NCc3cccc(Cl)c3F)nc2-c2ccc3c(cnn3C(F)F)c2)n1. The highest BCUT2D eigenvalue weighted by molar-refractivity contribution is 6.30. The number of fused-ring (bicyclic) bond motifs is 1. The Morgan fingerprint density at radius 3 is 2.71 bits per heavy atom. The zero-order chi connectivity index (χ0) is 23.8. The number of pyridine rings is 1. The number of nitrogens with one attached hydrogen (secondary N) is 2. The molecular formula is C24H18ClF3N6. The van der Waals surface area contributed by atoms with Gasteiger partial charge in [0.2, 0.25) is 5.95 Å². The second-order valence-corrected chi connectivity index (χ2v) is 8.09. The van der Waals surface area contributed by atoms with Gasteiger partial charge >= 0.3 is 6.55 Å². The van der Waals surface area contributed by atoms with Crippen LogP contribution in [0.15, 0.2) is 60.8 Å². The van der Waals surface area contributed by atoms with E-state index in [0.717, 1.165) is 5.69 Å². The number of aromatic amines is 1. The summed E-state index contributed by atoms with van der Waals surface area (Å²) in [4.78, 5) is 12.5. The Bertz CT molecular complexity index is 1490. The van der Waals surface area contributed by atoms with Crippen molar-refractivity contribution < 1.29 is 13.2 Å². The number of anilines is 1. The van der Waals surface area contributed by atoms with Crippen molar-refractivity contribution in [1.29, 1.82) is 0 Å². The number of nitrogens with zero attached hydrogens (tertiary/aromatic N) is 4. The summed E-state index contributed by atoms with van der Waals surface area (Å²) >= 11 is 5.88. The van der Waals surface area contributed by atoms with Gasteiger partial charge in [-0.05, 0) is 37.3 Å². The Morgan fingerprint density at radius 2 is 1.91 bits per heavy atom. The van der Waals surface area contributed by atoms with Gasteiger partial charge in [-0.25, -0.2) is 14.1 Å². The zero-order valence-electron chi connectivity index (χ0n) is 17.9. The maximum absolute atomic E-state index is 14.3. The molecule has 6 nitrogen and oxygen atoms in total. The highest BCUT2D eigenvalue weighted by atomic mass is 35.5. The van der Waals surface area contributed by atoms with E-state index in [-0.39, 0.29) is 11.6 Å². The molecule has 172 valence electrons. The molecule has 0 aliphatic carbocycles. The zero-order valence-corrected chi connectivity index (χ0v) is 18.6. The molecule has 0 amide bonds. The maximum Gasteiger partial charge on any atom is 0.333 e. The number of halogens is 4. The molecule has 2 aromatic carbocycles. The molecule has 5 rings (SSSR count). The molecular weight excluding hydrogens is 465 g/mol. The van der Waals surface area contributed by atoms with Gasteiger partial charge in [-0.2, -0.15) is 13.9 Å². The molecule has 10 heteroatoms. The Hall–Kier alpha value is -3.85. The number of aromatic nitrogens is 5. The molecule has 2 N–H and O–H groups in total. The summed E-state index contributed by atoms with van der Waals surface area (Å²) in [6.07, 6.45) is 1.39. The number of imidazole rings is 1. The fraction of sp³-hybridized carbons (Fsp3) is 0.125. The van der Waals surface area contributed by atoms with Crippen LogP contribution in [0, 0.1) is 12.7 Å². The van der Waals surface area contributed by atoms with Gasteiger partial charge in [-0.15, -0.1) is 0 Å². The van der Waals surface area contributed by atoms with Gasteiger partial charge in [0.1, 0.15) is 5.82 Å². The van der Waals surface area contributed by atoms with Crippen molar-refractivity contribution in [1.82, 2.24) is 24.7 Å². The topological polar surface area (TPSA) is 71.4 Å². The number of hydrogen-bond donors (Lipinski definition) is 2. The highest BCUT2D eigenvalue weighted by Crippen LogP contribution is 2.33. The summed E-state index contributed by atoms with van der Waals surface area (Å²) in [6, 6.07) is 15.4. The number of rotatable bonds is 6. The molecule has 0 bridgehead atoms. The molecule has 5 aromatic rings. The molecule has 0 fully saturated rings.